The number of hydrogen-bond donors (Lipinski definition) is 0. The highest BCUT2D eigenvalue weighted by atomic mass is 17.0. The molecule has 0 aromatic heterocycles. The van der Waals surface area contributed by atoms with Gasteiger partial charge in [0.25, 0.3) is 0 Å². The maximum Gasteiger partial charge on any atom is 0.123 e. The van der Waals surface area contributed by atoms with Gasteiger partial charge in [0.1, 0.15) is 20.1 Å². The Morgan fingerprint density at radius 1 is 0.950 bits per heavy atom. The van der Waals surface area contributed by atoms with Crippen molar-refractivity contribution in [2.24, 2.45) is 0 Å². The van der Waals surface area contributed by atoms with Gasteiger partial charge in [-0.2, -0.15) is 4.65 Å². The summed E-state index contributed by atoms with van der Waals surface area (Å²) >= 11 is 0. The molecule has 2 aliphatic carbocycles. The number of hydrogen-bond acceptors (Lipinski definition) is 5. The number of ether oxygens (including phenoxy) is 2. The minimum atomic E-state index is -0.0512. The van der Waals surface area contributed by atoms with Crippen LogP contribution >= 0.6 is 0 Å². The van der Waals surface area contributed by atoms with Gasteiger partial charge in [0.15, 0.2) is 0 Å². The smallest absolute Gasteiger partial charge is 0.123 e. The Bertz CT molecular complexity index is 391. The van der Waals surface area contributed by atoms with Crippen LogP contribution < -0.4 is 0 Å². The molecule has 4 fully saturated rings. The lowest BCUT2D eigenvalue weighted by atomic mass is 9.94. The number of fused-ring (bicyclic) bond motifs is 2. The highest BCUT2D eigenvalue weighted by Crippen LogP contribution is 2.41. The first-order chi connectivity index (χ1) is 9.53. The highest BCUT2D eigenvalue weighted by Gasteiger charge is 2.50. The van der Waals surface area contributed by atoms with Crippen molar-refractivity contribution in [3.63, 3.8) is 0 Å². The Morgan fingerprint density at radius 2 is 1.60 bits per heavy atom. The van der Waals surface area contributed by atoms with Crippen molar-refractivity contribution >= 4 is 0 Å². The topological polar surface area (TPSA) is 60.6 Å². The molecule has 4 aliphatic rings. The van der Waals surface area contributed by atoms with Crippen LogP contribution in [0.2, 0.25) is 0 Å². The van der Waals surface area contributed by atoms with Gasteiger partial charge in [0, 0.05) is 18.9 Å². The number of quaternary nitrogens is 1. The molecule has 0 amide bonds. The minimum Gasteiger partial charge on any atom is -0.758 e. The molecule has 6 heteroatoms. The predicted octanol–water partition coefficient (Wildman–Crippen LogP) is 1.35. The van der Waals surface area contributed by atoms with Crippen molar-refractivity contribution in [1.82, 2.24) is 5.23 Å². The van der Waals surface area contributed by atoms with Crippen molar-refractivity contribution in [1.29, 1.82) is 0 Å². The molecule has 6 atom stereocenters. The molecule has 0 aromatic carbocycles. The molecule has 2 saturated carbocycles. The molecule has 2 aliphatic heterocycles. The number of hydroxylamine groups is 5. The number of epoxide rings is 2. The highest BCUT2D eigenvalue weighted by molar-refractivity contribution is 4.94. The largest absolute Gasteiger partial charge is 0.758 e. The van der Waals surface area contributed by atoms with Crippen molar-refractivity contribution in [3.8, 4) is 0 Å². The Hall–Kier alpha value is -0.240. The molecular formula is C14H24N2O4. The van der Waals surface area contributed by atoms with E-state index >= 15 is 0 Å². The molecule has 0 spiro atoms. The SMILES string of the molecule is C[N+](C)(ON([O-])C1CCC2OC2C1)C1CCC2OC2C1. The Morgan fingerprint density at radius 3 is 2.25 bits per heavy atom. The second kappa shape index (κ2) is 4.63. The maximum atomic E-state index is 12.3. The minimum absolute atomic E-state index is 0.0512. The van der Waals surface area contributed by atoms with Gasteiger partial charge in [0.2, 0.25) is 0 Å². The standard InChI is InChI=1S/C14H24N2O4/c1-16(2,10-4-6-12-14(8-10)19-12)20-15(17)9-3-5-11-13(7-9)18-11/h9-14H,3-8H2,1-2H3. The van der Waals surface area contributed by atoms with E-state index in [1.807, 2.05) is 14.1 Å². The van der Waals surface area contributed by atoms with Gasteiger partial charge in [-0.25, -0.2) is 5.23 Å². The van der Waals surface area contributed by atoms with E-state index in [2.05, 4.69) is 0 Å². The summed E-state index contributed by atoms with van der Waals surface area (Å²) in [6.45, 7) is 0. The van der Waals surface area contributed by atoms with E-state index in [1.54, 1.807) is 0 Å². The van der Waals surface area contributed by atoms with Crippen LogP contribution in [0.5, 0.6) is 0 Å². The first-order valence-corrected chi connectivity index (χ1v) is 7.83. The molecule has 6 nitrogen and oxygen atoms in total. The number of nitrogens with zero attached hydrogens (tertiary/aromatic N) is 2. The summed E-state index contributed by atoms with van der Waals surface area (Å²) in [4.78, 5) is 5.75. The summed E-state index contributed by atoms with van der Waals surface area (Å²) < 4.78 is 11.4. The van der Waals surface area contributed by atoms with Crippen LogP contribution in [-0.4, -0.2) is 60.5 Å². The zero-order valence-electron chi connectivity index (χ0n) is 12.2. The van der Waals surface area contributed by atoms with Gasteiger partial charge in [-0.3, -0.25) is 0 Å². The molecule has 2 heterocycles. The third kappa shape index (κ3) is 2.49. The summed E-state index contributed by atoms with van der Waals surface area (Å²) in [6.07, 6.45) is 7.47. The van der Waals surface area contributed by atoms with Crippen LogP contribution in [-0.2, 0) is 14.4 Å². The van der Waals surface area contributed by atoms with Crippen LogP contribution in [0.4, 0.5) is 0 Å². The van der Waals surface area contributed by atoms with E-state index in [9.17, 15) is 5.21 Å². The van der Waals surface area contributed by atoms with Gasteiger partial charge in [0.05, 0.1) is 24.4 Å². The van der Waals surface area contributed by atoms with Crippen LogP contribution in [0.1, 0.15) is 38.5 Å². The molecular weight excluding hydrogens is 260 g/mol. The summed E-state index contributed by atoms with van der Waals surface area (Å²) in [5.41, 5.74) is 0. The zero-order chi connectivity index (χ0) is 13.9. The fourth-order valence-electron chi connectivity index (χ4n) is 3.86. The van der Waals surface area contributed by atoms with E-state index in [4.69, 9.17) is 14.4 Å². The number of rotatable bonds is 4. The first-order valence-electron chi connectivity index (χ1n) is 7.83. The van der Waals surface area contributed by atoms with E-state index in [0.717, 1.165) is 43.8 Å². The lowest BCUT2D eigenvalue weighted by Crippen LogP contribution is -2.55. The van der Waals surface area contributed by atoms with Crippen LogP contribution in [0.3, 0.4) is 0 Å². The van der Waals surface area contributed by atoms with Gasteiger partial charge < -0.3 is 14.7 Å². The first kappa shape index (κ1) is 13.4. The van der Waals surface area contributed by atoms with Crippen molar-refractivity contribution < 1.29 is 19.1 Å². The predicted molar refractivity (Wildman–Crippen MR) is 71.0 cm³/mol. The average Bonchev–Trinajstić information content (AvgIpc) is 3.30. The van der Waals surface area contributed by atoms with Crippen LogP contribution in [0.15, 0.2) is 0 Å². The van der Waals surface area contributed by atoms with Crippen molar-refractivity contribution in [3.05, 3.63) is 5.21 Å². The van der Waals surface area contributed by atoms with Gasteiger partial charge in [-0.15, -0.1) is 4.94 Å². The summed E-state index contributed by atoms with van der Waals surface area (Å²) in [5.74, 6) is 0. The second-order valence-electron chi connectivity index (χ2n) is 7.16. The lowest BCUT2D eigenvalue weighted by Gasteiger charge is -2.44. The van der Waals surface area contributed by atoms with Gasteiger partial charge in [-0.05, 0) is 25.7 Å². The van der Waals surface area contributed by atoms with Gasteiger partial charge >= 0.3 is 0 Å². The van der Waals surface area contributed by atoms with Crippen molar-refractivity contribution in [2.75, 3.05) is 14.1 Å². The molecule has 0 N–H and O–H groups in total. The Balaban J connectivity index is 1.33. The van der Waals surface area contributed by atoms with E-state index < -0.39 is 0 Å². The molecule has 6 unspecified atom stereocenters. The molecule has 4 rings (SSSR count). The van der Waals surface area contributed by atoms with Crippen molar-refractivity contribution in [2.45, 2.75) is 75.0 Å². The average molecular weight is 284 g/mol. The quantitative estimate of drug-likeness (QED) is 0.443. The van der Waals surface area contributed by atoms with E-state index in [-0.39, 0.29) is 6.04 Å². The summed E-state index contributed by atoms with van der Waals surface area (Å²) in [7, 11) is 3.97. The van der Waals surface area contributed by atoms with Crippen LogP contribution in [0.25, 0.3) is 0 Å². The Labute approximate surface area is 119 Å². The monoisotopic (exact) mass is 284 g/mol. The molecule has 2 saturated heterocycles. The summed E-state index contributed by atoms with van der Waals surface area (Å²) in [6, 6.07) is 0.299. The molecule has 0 radical (unpaired) electrons. The Kier molecular flexibility index (Phi) is 3.11. The maximum absolute atomic E-state index is 12.3. The zero-order valence-corrected chi connectivity index (χ0v) is 12.2. The van der Waals surface area contributed by atoms with E-state index in [1.165, 1.54) is 0 Å². The molecule has 20 heavy (non-hydrogen) atoms. The fourth-order valence-corrected chi connectivity index (χ4v) is 3.86. The fraction of sp³-hybridized carbons (Fsp3) is 1.00. The second-order valence-corrected chi connectivity index (χ2v) is 7.16. The molecule has 0 bridgehead atoms. The molecule has 114 valence electrons. The van der Waals surface area contributed by atoms with E-state index in [0.29, 0.717) is 35.1 Å². The lowest BCUT2D eigenvalue weighted by molar-refractivity contribution is -1.12. The summed E-state index contributed by atoms with van der Waals surface area (Å²) in [5, 5.41) is 13.1. The molecule has 0 aromatic rings. The van der Waals surface area contributed by atoms with Gasteiger partial charge in [-0.1, -0.05) is 0 Å². The third-order valence-corrected chi connectivity index (χ3v) is 5.42. The third-order valence-electron chi connectivity index (χ3n) is 5.42. The van der Waals surface area contributed by atoms with Crippen LogP contribution in [0, 0.1) is 5.21 Å². The normalized spacial score (nSPS) is 46.8.